The van der Waals surface area contributed by atoms with Crippen molar-refractivity contribution in [1.82, 2.24) is 9.44 Å². The Bertz CT molecular complexity index is 325. The number of nitrogens with one attached hydrogen (secondary N) is 3. The van der Waals surface area contributed by atoms with Crippen molar-refractivity contribution in [3.63, 3.8) is 0 Å². The number of carbonyl (C=O) groups excluding carboxylic acids is 1. The fraction of sp³-hybridized carbons (Fsp3) is 0.600. The van der Waals surface area contributed by atoms with E-state index < -0.39 is 22.3 Å². The highest BCUT2D eigenvalue weighted by Gasteiger charge is 2.18. The number of amides is 1. The Morgan fingerprint density at radius 1 is 1.57 bits per heavy atom. The van der Waals surface area contributed by atoms with E-state index in [-0.39, 0.29) is 5.84 Å². The molecule has 82 valence electrons. The zero-order valence-electron chi connectivity index (χ0n) is 7.70. The lowest BCUT2D eigenvalue weighted by atomic mass is 10.3. The molecule has 1 unspecified atom stereocenters. The van der Waals surface area contributed by atoms with Crippen LogP contribution in [0.4, 0.5) is 4.79 Å². The van der Waals surface area contributed by atoms with Gasteiger partial charge in [0.15, 0.2) is 0 Å². The molecule has 1 amide bonds. The molecule has 0 saturated carbocycles. The van der Waals surface area contributed by atoms with Gasteiger partial charge in [0.1, 0.15) is 5.84 Å². The van der Waals surface area contributed by atoms with Crippen LogP contribution in [0.1, 0.15) is 6.92 Å². The fourth-order valence-electron chi connectivity index (χ4n) is 0.477. The summed E-state index contributed by atoms with van der Waals surface area (Å²) in [7, 11) is -3.01. The molecule has 0 aromatic heterocycles. The van der Waals surface area contributed by atoms with Gasteiger partial charge in [-0.2, -0.15) is 13.1 Å². The van der Waals surface area contributed by atoms with E-state index in [2.05, 4.69) is 4.74 Å². The van der Waals surface area contributed by atoms with E-state index in [0.29, 0.717) is 0 Å². The largest absolute Gasteiger partial charge is 0.452 e. The summed E-state index contributed by atoms with van der Waals surface area (Å²) in [5, 5.41) is 6.91. The third-order valence-corrected chi connectivity index (χ3v) is 2.30. The molecule has 0 aromatic carbocycles. The quantitative estimate of drug-likeness (QED) is 0.340. The SMILES string of the molecule is COC(=O)NS(=O)(=O)NC(C)C(=N)N. The maximum atomic E-state index is 11.0. The van der Waals surface area contributed by atoms with Gasteiger partial charge in [-0.1, -0.05) is 0 Å². The van der Waals surface area contributed by atoms with Crippen molar-refractivity contribution in [3.05, 3.63) is 0 Å². The third kappa shape index (κ3) is 4.62. The Kier molecular flexibility index (Phi) is 4.31. The van der Waals surface area contributed by atoms with Crippen LogP contribution in [0.2, 0.25) is 0 Å². The first-order chi connectivity index (χ1) is 6.28. The lowest BCUT2D eigenvalue weighted by Crippen LogP contribution is -2.48. The van der Waals surface area contributed by atoms with Gasteiger partial charge in [0, 0.05) is 0 Å². The highest BCUT2D eigenvalue weighted by Crippen LogP contribution is 1.85. The van der Waals surface area contributed by atoms with E-state index >= 15 is 0 Å². The van der Waals surface area contributed by atoms with E-state index in [1.54, 1.807) is 0 Å². The van der Waals surface area contributed by atoms with Gasteiger partial charge in [-0.05, 0) is 6.92 Å². The summed E-state index contributed by atoms with van der Waals surface area (Å²) in [5.74, 6) is -0.361. The van der Waals surface area contributed by atoms with Crippen molar-refractivity contribution in [3.8, 4) is 0 Å². The minimum Gasteiger partial charge on any atom is -0.452 e. The molecule has 0 radical (unpaired) electrons. The molecule has 0 heterocycles. The second kappa shape index (κ2) is 4.77. The Hall–Kier alpha value is -1.35. The van der Waals surface area contributed by atoms with Crippen molar-refractivity contribution in [2.75, 3.05) is 7.11 Å². The van der Waals surface area contributed by atoms with Crippen LogP contribution in [0.5, 0.6) is 0 Å². The molecule has 0 spiro atoms. The Balaban J connectivity index is 4.36. The number of hydrogen-bond acceptors (Lipinski definition) is 5. The summed E-state index contributed by atoms with van der Waals surface area (Å²) >= 11 is 0. The van der Waals surface area contributed by atoms with Crippen LogP contribution < -0.4 is 15.2 Å². The van der Waals surface area contributed by atoms with Crippen molar-refractivity contribution < 1.29 is 17.9 Å². The van der Waals surface area contributed by atoms with Crippen molar-refractivity contribution >= 4 is 22.1 Å². The Morgan fingerprint density at radius 3 is 2.43 bits per heavy atom. The summed E-state index contributed by atoms with van der Waals surface area (Å²) in [6.45, 7) is 1.36. The summed E-state index contributed by atoms with van der Waals surface area (Å²) in [6, 6.07) is -0.892. The molecule has 9 heteroatoms. The molecule has 0 rings (SSSR count). The van der Waals surface area contributed by atoms with E-state index in [4.69, 9.17) is 11.1 Å². The van der Waals surface area contributed by atoms with Gasteiger partial charge in [0.25, 0.3) is 0 Å². The number of hydrogen-bond donors (Lipinski definition) is 4. The number of ether oxygens (including phenoxy) is 1. The molecule has 5 N–H and O–H groups in total. The minimum atomic E-state index is -4.03. The van der Waals surface area contributed by atoms with Crippen LogP contribution in [0.3, 0.4) is 0 Å². The predicted octanol–water partition coefficient (Wildman–Crippen LogP) is -1.50. The van der Waals surface area contributed by atoms with E-state index in [1.165, 1.54) is 11.6 Å². The highest BCUT2D eigenvalue weighted by molar-refractivity contribution is 7.88. The van der Waals surface area contributed by atoms with Crippen LogP contribution in [-0.4, -0.2) is 33.5 Å². The minimum absolute atomic E-state index is 0.361. The third-order valence-electron chi connectivity index (χ3n) is 1.20. The Morgan fingerprint density at radius 2 is 2.07 bits per heavy atom. The molecule has 14 heavy (non-hydrogen) atoms. The number of carbonyl (C=O) groups is 1. The molecule has 0 aromatic rings. The molecule has 0 bridgehead atoms. The van der Waals surface area contributed by atoms with E-state index in [9.17, 15) is 13.2 Å². The maximum Gasteiger partial charge on any atom is 0.421 e. The standard InChI is InChI=1S/C5H12N4O4S/c1-3(4(6)7)8-14(11,12)9-5(10)13-2/h3,8H,1-2H3,(H3,6,7)(H,9,10). The van der Waals surface area contributed by atoms with Gasteiger partial charge in [-0.15, -0.1) is 0 Å². The van der Waals surface area contributed by atoms with E-state index in [1.807, 2.05) is 4.72 Å². The van der Waals surface area contributed by atoms with Gasteiger partial charge in [-0.25, -0.2) is 9.52 Å². The Labute approximate surface area is 81.5 Å². The molecule has 0 aliphatic carbocycles. The molecule has 0 aliphatic heterocycles. The lowest BCUT2D eigenvalue weighted by molar-refractivity contribution is 0.177. The van der Waals surface area contributed by atoms with Gasteiger partial charge in [0.05, 0.1) is 13.2 Å². The van der Waals surface area contributed by atoms with Crippen molar-refractivity contribution in [1.29, 1.82) is 5.41 Å². The summed E-state index contributed by atoms with van der Waals surface area (Å²) in [6.07, 6.45) is -1.12. The molecule has 0 aliphatic rings. The number of nitrogens with two attached hydrogens (primary N) is 1. The van der Waals surface area contributed by atoms with Crippen LogP contribution >= 0.6 is 0 Å². The number of methoxy groups -OCH3 is 1. The first kappa shape index (κ1) is 12.7. The number of rotatable bonds is 4. The van der Waals surface area contributed by atoms with Crippen molar-refractivity contribution in [2.45, 2.75) is 13.0 Å². The first-order valence-corrected chi connectivity index (χ1v) is 4.98. The topological polar surface area (TPSA) is 134 Å². The average molecular weight is 224 g/mol. The zero-order valence-corrected chi connectivity index (χ0v) is 8.51. The van der Waals surface area contributed by atoms with Gasteiger partial charge in [-0.3, -0.25) is 5.41 Å². The summed E-state index contributed by atoms with van der Waals surface area (Å²) < 4.78 is 29.6. The smallest absolute Gasteiger partial charge is 0.421 e. The molecular weight excluding hydrogens is 212 g/mol. The normalized spacial score (nSPS) is 13.0. The molecule has 1 atom stereocenters. The predicted molar refractivity (Wildman–Crippen MR) is 49.0 cm³/mol. The van der Waals surface area contributed by atoms with Crippen LogP contribution in [-0.2, 0) is 14.9 Å². The molecule has 0 fully saturated rings. The summed E-state index contributed by atoms with van der Waals surface area (Å²) in [5.41, 5.74) is 5.02. The van der Waals surface area contributed by atoms with Gasteiger partial charge < -0.3 is 10.5 Å². The molecule has 8 nitrogen and oxygen atoms in total. The zero-order chi connectivity index (χ0) is 11.4. The maximum absolute atomic E-state index is 11.0. The first-order valence-electron chi connectivity index (χ1n) is 3.50. The van der Waals surface area contributed by atoms with Crippen LogP contribution in [0.15, 0.2) is 0 Å². The van der Waals surface area contributed by atoms with Crippen molar-refractivity contribution in [2.24, 2.45) is 5.73 Å². The van der Waals surface area contributed by atoms with Gasteiger partial charge >= 0.3 is 16.3 Å². The average Bonchev–Trinajstić information content (AvgIpc) is 2.02. The van der Waals surface area contributed by atoms with E-state index in [0.717, 1.165) is 7.11 Å². The van der Waals surface area contributed by atoms with Crippen LogP contribution in [0.25, 0.3) is 0 Å². The second-order valence-electron chi connectivity index (χ2n) is 2.39. The van der Waals surface area contributed by atoms with Gasteiger partial charge in [0.2, 0.25) is 0 Å². The second-order valence-corrected chi connectivity index (χ2v) is 3.84. The molecular formula is C5H12N4O4S. The molecule has 0 saturated heterocycles. The highest BCUT2D eigenvalue weighted by atomic mass is 32.2. The summed E-state index contributed by atoms with van der Waals surface area (Å²) in [4.78, 5) is 10.5. The fourth-order valence-corrected chi connectivity index (χ4v) is 1.43. The lowest BCUT2D eigenvalue weighted by Gasteiger charge is -2.12. The number of amidine groups is 1. The monoisotopic (exact) mass is 224 g/mol. The van der Waals surface area contributed by atoms with Crippen LogP contribution in [0, 0.1) is 5.41 Å².